The zero-order chi connectivity index (χ0) is 26.1. The van der Waals surface area contributed by atoms with Gasteiger partial charge in [0.2, 0.25) is 0 Å². The Balaban J connectivity index is 1.81. The summed E-state index contributed by atoms with van der Waals surface area (Å²) in [4.78, 5) is 35.4. The van der Waals surface area contributed by atoms with E-state index in [2.05, 4.69) is 20.6 Å². The molecule has 0 saturated heterocycles. The highest BCUT2D eigenvalue weighted by molar-refractivity contribution is 14.1. The van der Waals surface area contributed by atoms with Crippen molar-refractivity contribution < 1.29 is 23.5 Å². The molecule has 186 valence electrons. The van der Waals surface area contributed by atoms with Crippen LogP contribution in [0.25, 0.3) is 0 Å². The highest BCUT2D eigenvalue weighted by Crippen LogP contribution is 2.35. The first-order chi connectivity index (χ1) is 16.2. The smallest absolute Gasteiger partial charge is 0.324 e. The third-order valence-corrected chi connectivity index (χ3v) is 6.18. The fourth-order valence-electron chi connectivity index (χ4n) is 3.44. The third-order valence-electron chi connectivity index (χ3n) is 5.56. The largest absolute Gasteiger partial charge is 0.381 e. The Morgan fingerprint density at radius 1 is 1.34 bits per heavy atom. The van der Waals surface area contributed by atoms with Gasteiger partial charge in [-0.15, -0.1) is 0 Å². The Kier molecular flexibility index (Phi) is 7.55. The quantitative estimate of drug-likeness (QED) is 0.205. The molecule has 4 N–H and O–H groups in total. The molecule has 0 fully saturated rings. The lowest BCUT2D eigenvalue weighted by Gasteiger charge is -2.25. The summed E-state index contributed by atoms with van der Waals surface area (Å²) in [6, 6.07) is 2.99. The number of halogens is 3. The number of allylic oxidation sites excluding steroid dienone is 1. The minimum Gasteiger partial charge on any atom is -0.381 e. The molecule has 35 heavy (non-hydrogen) atoms. The fourth-order valence-corrected chi connectivity index (χ4v) is 3.75. The second kappa shape index (κ2) is 9.93. The predicted molar refractivity (Wildman–Crippen MR) is 136 cm³/mol. The van der Waals surface area contributed by atoms with Gasteiger partial charge in [0, 0.05) is 58.5 Å². The number of fused-ring (bicyclic) bond motifs is 1. The molecular formula is C23H25F2IN6O3. The second-order valence-electron chi connectivity index (χ2n) is 8.63. The lowest BCUT2D eigenvalue weighted by Crippen LogP contribution is -2.37. The van der Waals surface area contributed by atoms with E-state index < -0.39 is 21.0 Å². The molecule has 2 aromatic rings. The molecule has 1 unspecified atom stereocenters. The minimum atomic E-state index is -3.19. The number of hydrogen-bond donors (Lipinski definition) is 4. The van der Waals surface area contributed by atoms with Crippen LogP contribution in [0.3, 0.4) is 0 Å². The van der Waals surface area contributed by atoms with Crippen LogP contribution in [0.5, 0.6) is 0 Å². The zero-order valence-corrected chi connectivity index (χ0v) is 21.6. The summed E-state index contributed by atoms with van der Waals surface area (Å²) in [5.74, 6) is -0.317. The van der Waals surface area contributed by atoms with Gasteiger partial charge in [0.1, 0.15) is 17.2 Å². The van der Waals surface area contributed by atoms with E-state index in [1.165, 1.54) is 20.0 Å². The summed E-state index contributed by atoms with van der Waals surface area (Å²) < 4.78 is 23.7. The van der Waals surface area contributed by atoms with E-state index in [0.29, 0.717) is 28.7 Å². The highest BCUT2D eigenvalue weighted by Gasteiger charge is 2.35. The summed E-state index contributed by atoms with van der Waals surface area (Å²) in [7, 11) is 0. The minimum absolute atomic E-state index is 0.194. The standard InChI is InChI=1S/C23H25F2IN6O3/c1-12-7-14(9-29-18(12)30-10-15(8-27)23(24,25)26)13(2)32-11-17-16(20(32)33)5-6-28-19(17)31-21(34)22(3,4)35/h5-10,13,27,35H,11H2,1-4H3,(H,29,30)(H,28,31,34)/b15-10+,27-8?. The van der Waals surface area contributed by atoms with Crippen LogP contribution in [0.15, 0.2) is 36.3 Å². The van der Waals surface area contributed by atoms with E-state index in [9.17, 15) is 23.5 Å². The Labute approximate surface area is 214 Å². The van der Waals surface area contributed by atoms with E-state index in [1.807, 2.05) is 6.92 Å². The van der Waals surface area contributed by atoms with Crippen molar-refractivity contribution in [3.05, 3.63) is 58.6 Å². The van der Waals surface area contributed by atoms with E-state index in [4.69, 9.17) is 5.41 Å². The van der Waals surface area contributed by atoms with Crippen molar-refractivity contribution in [1.29, 1.82) is 5.41 Å². The normalized spacial score (nSPS) is 15.0. The Hall–Kier alpha value is -3.00. The molecule has 0 aliphatic carbocycles. The average molecular weight is 598 g/mol. The van der Waals surface area contributed by atoms with E-state index in [0.717, 1.165) is 34.4 Å². The predicted octanol–water partition coefficient (Wildman–Crippen LogP) is 4.18. The maximum Gasteiger partial charge on any atom is 0.324 e. The number of aromatic nitrogens is 2. The zero-order valence-electron chi connectivity index (χ0n) is 19.5. The molecule has 9 nitrogen and oxygen atoms in total. The summed E-state index contributed by atoms with van der Waals surface area (Å²) in [6.45, 7) is 6.49. The maximum absolute atomic E-state index is 13.5. The number of aryl methyl sites for hydroxylation is 1. The fraction of sp³-hybridized carbons (Fsp3) is 0.348. The van der Waals surface area contributed by atoms with Gasteiger partial charge < -0.3 is 26.0 Å². The van der Waals surface area contributed by atoms with Gasteiger partial charge >= 0.3 is 3.93 Å². The van der Waals surface area contributed by atoms with Crippen molar-refractivity contribution >= 4 is 52.3 Å². The van der Waals surface area contributed by atoms with Crippen LogP contribution in [0.2, 0.25) is 0 Å². The first-order valence-electron chi connectivity index (χ1n) is 10.6. The molecule has 0 aromatic carbocycles. The Bertz CT molecular complexity index is 1210. The van der Waals surface area contributed by atoms with Gasteiger partial charge in [0.25, 0.3) is 11.8 Å². The van der Waals surface area contributed by atoms with Gasteiger partial charge in [-0.05, 0) is 51.0 Å². The summed E-state index contributed by atoms with van der Waals surface area (Å²) in [5, 5.41) is 22.4. The monoisotopic (exact) mass is 598 g/mol. The SMILES string of the molecule is Cc1cc(C(C)N2Cc3c(ccnc3NC(=O)C(C)(C)O)C2=O)cnc1N/C=C(\C=N)C(F)(F)I. The van der Waals surface area contributed by atoms with Crippen LogP contribution >= 0.6 is 22.6 Å². The highest BCUT2D eigenvalue weighted by atomic mass is 127. The van der Waals surface area contributed by atoms with Crippen LogP contribution in [0, 0.1) is 12.3 Å². The molecule has 0 spiro atoms. The number of rotatable bonds is 8. The second-order valence-corrected chi connectivity index (χ2v) is 9.98. The number of aliphatic hydroxyl groups is 1. The van der Waals surface area contributed by atoms with Gasteiger partial charge in [-0.25, -0.2) is 9.97 Å². The van der Waals surface area contributed by atoms with Gasteiger partial charge in [-0.1, -0.05) is 0 Å². The van der Waals surface area contributed by atoms with E-state index in [1.54, 1.807) is 30.2 Å². The Morgan fingerprint density at radius 2 is 2.03 bits per heavy atom. The van der Waals surface area contributed by atoms with Crippen molar-refractivity contribution in [3.63, 3.8) is 0 Å². The molecule has 2 amide bonds. The molecule has 0 saturated carbocycles. The van der Waals surface area contributed by atoms with Crippen LogP contribution in [0.1, 0.15) is 53.9 Å². The van der Waals surface area contributed by atoms with Crippen molar-refractivity contribution in [2.45, 2.75) is 49.8 Å². The van der Waals surface area contributed by atoms with Gasteiger partial charge in [-0.2, -0.15) is 8.78 Å². The van der Waals surface area contributed by atoms with Crippen LogP contribution in [0.4, 0.5) is 20.4 Å². The van der Waals surface area contributed by atoms with Crippen LogP contribution in [-0.2, 0) is 11.3 Å². The summed E-state index contributed by atoms with van der Waals surface area (Å²) in [5.41, 5.74) is 0.229. The number of pyridine rings is 2. The first kappa shape index (κ1) is 26.6. The molecular weight excluding hydrogens is 573 g/mol. The molecule has 1 aliphatic heterocycles. The van der Waals surface area contributed by atoms with Gasteiger partial charge in [0.05, 0.1) is 18.2 Å². The first-order valence-corrected chi connectivity index (χ1v) is 11.7. The number of carbonyl (C=O) groups excluding carboxylic acids is 2. The van der Waals surface area contributed by atoms with E-state index in [-0.39, 0.29) is 24.3 Å². The van der Waals surface area contributed by atoms with Crippen LogP contribution in [-0.4, -0.2) is 47.5 Å². The molecule has 1 aliphatic rings. The molecule has 12 heteroatoms. The third kappa shape index (κ3) is 5.81. The molecule has 1 atom stereocenters. The van der Waals surface area contributed by atoms with Crippen molar-refractivity contribution in [1.82, 2.24) is 14.9 Å². The van der Waals surface area contributed by atoms with Crippen molar-refractivity contribution in [2.75, 3.05) is 10.6 Å². The van der Waals surface area contributed by atoms with Crippen molar-refractivity contribution in [2.24, 2.45) is 0 Å². The summed E-state index contributed by atoms with van der Waals surface area (Å²) in [6.07, 6.45) is 4.59. The number of alkyl halides is 3. The summed E-state index contributed by atoms with van der Waals surface area (Å²) >= 11 is 0.949. The number of carbonyl (C=O) groups is 2. The van der Waals surface area contributed by atoms with Crippen LogP contribution < -0.4 is 10.6 Å². The number of hydrogen-bond acceptors (Lipinski definition) is 7. The van der Waals surface area contributed by atoms with Crippen molar-refractivity contribution in [3.8, 4) is 0 Å². The average Bonchev–Trinajstić information content (AvgIpc) is 3.10. The topological polar surface area (TPSA) is 131 Å². The lowest BCUT2D eigenvalue weighted by atomic mass is 10.1. The molecule has 0 radical (unpaired) electrons. The molecule has 3 heterocycles. The lowest BCUT2D eigenvalue weighted by molar-refractivity contribution is -0.130. The Morgan fingerprint density at radius 3 is 2.60 bits per heavy atom. The van der Waals surface area contributed by atoms with Gasteiger partial charge in [0.15, 0.2) is 0 Å². The molecule has 2 aromatic heterocycles. The number of nitrogens with zero attached hydrogens (tertiary/aromatic N) is 3. The molecule has 0 bridgehead atoms. The van der Waals surface area contributed by atoms with Gasteiger partial charge in [-0.3, -0.25) is 9.59 Å². The number of amides is 2. The maximum atomic E-state index is 13.5. The van der Waals surface area contributed by atoms with E-state index >= 15 is 0 Å². The molecule has 3 rings (SSSR count). The number of anilines is 2. The number of nitrogens with one attached hydrogen (secondary N) is 3.